The molecule has 3 aliphatic heterocycles. The Morgan fingerprint density at radius 3 is 2.42 bits per heavy atom. The van der Waals surface area contributed by atoms with Gasteiger partial charge in [0.05, 0.1) is 12.7 Å². The molecule has 0 amide bonds. The summed E-state index contributed by atoms with van der Waals surface area (Å²) in [5, 5.41) is 0. The SMILES string of the molecule is COc1ccc(C(=O)OC2CN3CCC2CC3)cc1. The molecule has 0 spiro atoms. The van der Waals surface area contributed by atoms with Gasteiger partial charge in [0.1, 0.15) is 11.9 Å². The maximum absolute atomic E-state index is 12.1. The second kappa shape index (κ2) is 5.21. The van der Waals surface area contributed by atoms with Crippen LogP contribution in [0.25, 0.3) is 0 Å². The number of piperidine rings is 3. The zero-order valence-corrected chi connectivity index (χ0v) is 11.2. The second-order valence-corrected chi connectivity index (χ2v) is 5.31. The molecule has 1 atom stereocenters. The average Bonchev–Trinajstić information content (AvgIpc) is 2.48. The smallest absolute Gasteiger partial charge is 0.338 e. The Balaban J connectivity index is 1.64. The number of methoxy groups -OCH3 is 1. The minimum absolute atomic E-state index is 0.0668. The molecule has 0 saturated carbocycles. The number of benzene rings is 1. The summed E-state index contributed by atoms with van der Waals surface area (Å²) < 4.78 is 10.7. The van der Waals surface area contributed by atoms with Crippen LogP contribution in [0.1, 0.15) is 23.2 Å². The van der Waals surface area contributed by atoms with Crippen molar-refractivity contribution in [1.82, 2.24) is 4.90 Å². The first kappa shape index (κ1) is 12.5. The third-order valence-corrected chi connectivity index (χ3v) is 4.18. The average molecular weight is 261 g/mol. The van der Waals surface area contributed by atoms with Gasteiger partial charge in [-0.2, -0.15) is 0 Å². The van der Waals surface area contributed by atoms with E-state index in [1.807, 2.05) is 0 Å². The van der Waals surface area contributed by atoms with E-state index in [0.717, 1.165) is 38.2 Å². The van der Waals surface area contributed by atoms with Crippen LogP contribution in [0, 0.1) is 5.92 Å². The molecular formula is C15H19NO3. The van der Waals surface area contributed by atoms with E-state index >= 15 is 0 Å². The van der Waals surface area contributed by atoms with Crippen molar-refractivity contribution in [1.29, 1.82) is 0 Å². The van der Waals surface area contributed by atoms with Crippen LogP contribution < -0.4 is 4.74 Å². The predicted octanol–water partition coefficient (Wildman–Crippen LogP) is 1.95. The monoisotopic (exact) mass is 261 g/mol. The van der Waals surface area contributed by atoms with Crippen molar-refractivity contribution >= 4 is 5.97 Å². The molecule has 19 heavy (non-hydrogen) atoms. The van der Waals surface area contributed by atoms with E-state index in [2.05, 4.69) is 4.90 Å². The number of carbonyl (C=O) groups is 1. The molecule has 0 N–H and O–H groups in total. The van der Waals surface area contributed by atoms with Gasteiger partial charge in [0.2, 0.25) is 0 Å². The molecule has 102 valence electrons. The Labute approximate surface area is 113 Å². The van der Waals surface area contributed by atoms with Crippen molar-refractivity contribution in [3.8, 4) is 5.75 Å². The van der Waals surface area contributed by atoms with Crippen molar-refractivity contribution in [2.45, 2.75) is 18.9 Å². The lowest BCUT2D eigenvalue weighted by Gasteiger charge is -2.43. The summed E-state index contributed by atoms with van der Waals surface area (Å²) in [4.78, 5) is 14.5. The van der Waals surface area contributed by atoms with Gasteiger partial charge in [-0.3, -0.25) is 4.90 Å². The molecule has 4 rings (SSSR count). The minimum atomic E-state index is -0.221. The standard InChI is InChI=1S/C15H19NO3/c1-18-13-4-2-12(3-5-13)15(17)19-14-10-16-8-6-11(14)7-9-16/h2-5,11,14H,6-10H2,1H3. The van der Waals surface area contributed by atoms with Crippen LogP contribution in [0.4, 0.5) is 0 Å². The third kappa shape index (κ3) is 2.59. The zero-order chi connectivity index (χ0) is 13.2. The Hall–Kier alpha value is -1.55. The molecule has 1 aromatic carbocycles. The molecule has 0 aliphatic carbocycles. The Kier molecular flexibility index (Phi) is 3.42. The van der Waals surface area contributed by atoms with E-state index in [9.17, 15) is 4.79 Å². The highest BCUT2D eigenvalue weighted by atomic mass is 16.5. The fraction of sp³-hybridized carbons (Fsp3) is 0.533. The summed E-state index contributed by atoms with van der Waals surface area (Å²) in [7, 11) is 1.61. The molecule has 3 heterocycles. The van der Waals surface area contributed by atoms with Crippen LogP contribution >= 0.6 is 0 Å². The second-order valence-electron chi connectivity index (χ2n) is 5.31. The van der Waals surface area contributed by atoms with Crippen molar-refractivity contribution in [2.75, 3.05) is 26.7 Å². The van der Waals surface area contributed by atoms with Crippen molar-refractivity contribution in [2.24, 2.45) is 5.92 Å². The van der Waals surface area contributed by atoms with Gasteiger partial charge in [-0.15, -0.1) is 0 Å². The van der Waals surface area contributed by atoms with E-state index in [4.69, 9.17) is 9.47 Å². The lowest BCUT2D eigenvalue weighted by molar-refractivity contribution is -0.0455. The summed E-state index contributed by atoms with van der Waals surface area (Å²) in [6.45, 7) is 3.20. The highest BCUT2D eigenvalue weighted by molar-refractivity contribution is 5.89. The van der Waals surface area contributed by atoms with Gasteiger partial charge in [-0.1, -0.05) is 0 Å². The topological polar surface area (TPSA) is 38.8 Å². The maximum atomic E-state index is 12.1. The van der Waals surface area contributed by atoms with Crippen molar-refractivity contribution in [3.05, 3.63) is 29.8 Å². The maximum Gasteiger partial charge on any atom is 0.338 e. The van der Waals surface area contributed by atoms with Gasteiger partial charge in [0.15, 0.2) is 0 Å². The predicted molar refractivity (Wildman–Crippen MR) is 71.4 cm³/mol. The molecule has 0 aromatic heterocycles. The molecule has 4 nitrogen and oxygen atoms in total. The molecular weight excluding hydrogens is 242 g/mol. The summed E-state index contributed by atoms with van der Waals surface area (Å²) in [5.41, 5.74) is 0.595. The Morgan fingerprint density at radius 1 is 1.21 bits per heavy atom. The van der Waals surface area contributed by atoms with Crippen molar-refractivity contribution in [3.63, 3.8) is 0 Å². The first-order valence-corrected chi connectivity index (χ1v) is 6.83. The first-order chi connectivity index (χ1) is 9.26. The normalized spacial score (nSPS) is 29.0. The number of hydrogen-bond acceptors (Lipinski definition) is 4. The van der Waals surface area contributed by atoms with E-state index < -0.39 is 0 Å². The van der Waals surface area contributed by atoms with Crippen LogP contribution in [-0.2, 0) is 4.74 Å². The first-order valence-electron chi connectivity index (χ1n) is 6.83. The number of esters is 1. The number of ether oxygens (including phenoxy) is 2. The highest BCUT2D eigenvalue weighted by Crippen LogP contribution is 2.30. The summed E-state index contributed by atoms with van der Waals surface area (Å²) >= 11 is 0. The summed E-state index contributed by atoms with van der Waals surface area (Å²) in [6, 6.07) is 7.07. The third-order valence-electron chi connectivity index (χ3n) is 4.18. The number of rotatable bonds is 3. The number of hydrogen-bond donors (Lipinski definition) is 0. The van der Waals surface area contributed by atoms with Gasteiger partial charge >= 0.3 is 5.97 Å². The quantitative estimate of drug-likeness (QED) is 0.780. The van der Waals surface area contributed by atoms with Crippen LogP contribution in [-0.4, -0.2) is 43.7 Å². The fourth-order valence-corrected chi connectivity index (χ4v) is 2.98. The van der Waals surface area contributed by atoms with E-state index in [-0.39, 0.29) is 12.1 Å². The molecule has 1 unspecified atom stereocenters. The number of fused-ring (bicyclic) bond motifs is 3. The fourth-order valence-electron chi connectivity index (χ4n) is 2.98. The lowest BCUT2D eigenvalue weighted by Crippen LogP contribution is -2.51. The molecule has 1 aromatic rings. The molecule has 3 aliphatic rings. The van der Waals surface area contributed by atoms with Crippen LogP contribution in [0.3, 0.4) is 0 Å². The lowest BCUT2D eigenvalue weighted by atomic mass is 9.86. The minimum Gasteiger partial charge on any atom is -0.497 e. The van der Waals surface area contributed by atoms with E-state index in [0.29, 0.717) is 11.5 Å². The Morgan fingerprint density at radius 2 is 1.89 bits per heavy atom. The van der Waals surface area contributed by atoms with E-state index in [1.165, 1.54) is 0 Å². The largest absolute Gasteiger partial charge is 0.497 e. The van der Waals surface area contributed by atoms with Crippen LogP contribution in [0.2, 0.25) is 0 Å². The van der Waals surface area contributed by atoms with Gasteiger partial charge in [0.25, 0.3) is 0 Å². The molecule has 3 fully saturated rings. The summed E-state index contributed by atoms with van der Waals surface area (Å²) in [5.74, 6) is 1.08. The molecule has 2 bridgehead atoms. The highest BCUT2D eigenvalue weighted by Gasteiger charge is 2.36. The van der Waals surface area contributed by atoms with Crippen LogP contribution in [0.5, 0.6) is 5.75 Å². The number of carbonyl (C=O) groups excluding carboxylic acids is 1. The van der Waals surface area contributed by atoms with Gasteiger partial charge in [0, 0.05) is 6.54 Å². The summed E-state index contributed by atoms with van der Waals surface area (Å²) in [6.07, 6.45) is 2.37. The van der Waals surface area contributed by atoms with Crippen LogP contribution in [0.15, 0.2) is 24.3 Å². The van der Waals surface area contributed by atoms with Crippen molar-refractivity contribution < 1.29 is 14.3 Å². The molecule has 3 saturated heterocycles. The van der Waals surface area contributed by atoms with Gasteiger partial charge in [-0.05, 0) is 56.1 Å². The Bertz CT molecular complexity index is 449. The molecule has 0 radical (unpaired) electrons. The van der Waals surface area contributed by atoms with E-state index in [1.54, 1.807) is 31.4 Å². The zero-order valence-electron chi connectivity index (χ0n) is 11.2. The van der Waals surface area contributed by atoms with Gasteiger partial charge < -0.3 is 9.47 Å². The molecule has 4 heteroatoms. The number of nitrogens with zero attached hydrogens (tertiary/aromatic N) is 1. The van der Waals surface area contributed by atoms with Gasteiger partial charge in [-0.25, -0.2) is 4.79 Å².